The van der Waals surface area contributed by atoms with Crippen molar-refractivity contribution in [2.75, 3.05) is 11.9 Å². The summed E-state index contributed by atoms with van der Waals surface area (Å²) in [6.45, 7) is 2.21. The molecule has 0 saturated carbocycles. The molecule has 7 heteroatoms. The van der Waals surface area contributed by atoms with Gasteiger partial charge in [0.25, 0.3) is 0 Å². The van der Waals surface area contributed by atoms with Crippen molar-refractivity contribution in [2.24, 2.45) is 0 Å². The fourth-order valence-electron chi connectivity index (χ4n) is 2.93. The molecule has 0 unspecified atom stereocenters. The maximum absolute atomic E-state index is 12.2. The van der Waals surface area contributed by atoms with Crippen LogP contribution in [-0.2, 0) is 14.4 Å². The van der Waals surface area contributed by atoms with Crippen LogP contribution in [-0.4, -0.2) is 34.7 Å². The Bertz CT molecular complexity index is 659. The summed E-state index contributed by atoms with van der Waals surface area (Å²) in [7, 11) is 0. The number of hydrogen-bond donors (Lipinski definition) is 3. The summed E-state index contributed by atoms with van der Waals surface area (Å²) in [5.74, 6) is -1.10. The Kier molecular flexibility index (Phi) is 12.2. The highest BCUT2D eigenvalue weighted by Crippen LogP contribution is 2.26. The van der Waals surface area contributed by atoms with E-state index in [1.807, 2.05) is 19.1 Å². The topological polar surface area (TPSA) is 113 Å². The number of benzene rings is 1. The van der Waals surface area contributed by atoms with Gasteiger partial charge in [-0.25, -0.2) is 0 Å². The molecule has 0 aromatic heterocycles. The van der Waals surface area contributed by atoms with Crippen LogP contribution < -0.4 is 10.1 Å². The number of nitrogens with one attached hydrogen (secondary N) is 1. The number of carboxylic acids is 2. The lowest BCUT2D eigenvalue weighted by Gasteiger charge is -2.13. The molecule has 0 radical (unpaired) electrons. The third kappa shape index (κ3) is 12.5. The number of hydrogen-bond acceptors (Lipinski definition) is 4. The molecule has 0 fully saturated rings. The van der Waals surface area contributed by atoms with E-state index in [1.165, 1.54) is 0 Å². The average molecular weight is 408 g/mol. The van der Waals surface area contributed by atoms with Gasteiger partial charge in [-0.2, -0.15) is 0 Å². The molecule has 7 nitrogen and oxygen atoms in total. The van der Waals surface area contributed by atoms with Crippen molar-refractivity contribution in [3.05, 3.63) is 23.8 Å². The normalized spacial score (nSPS) is 10.5. The van der Waals surface area contributed by atoms with Gasteiger partial charge in [0.05, 0.1) is 12.3 Å². The number of anilines is 1. The van der Waals surface area contributed by atoms with E-state index in [4.69, 9.17) is 14.9 Å². The highest BCUT2D eigenvalue weighted by atomic mass is 16.5. The first-order valence-corrected chi connectivity index (χ1v) is 10.4. The molecule has 0 saturated heterocycles. The fraction of sp³-hybridized carbons (Fsp3) is 0.591. The van der Waals surface area contributed by atoms with Crippen molar-refractivity contribution in [3.63, 3.8) is 0 Å². The smallest absolute Gasteiger partial charge is 0.303 e. The van der Waals surface area contributed by atoms with E-state index in [0.717, 1.165) is 50.5 Å². The third-order valence-electron chi connectivity index (χ3n) is 4.50. The minimum Gasteiger partial charge on any atom is -0.491 e. The summed E-state index contributed by atoms with van der Waals surface area (Å²) in [6, 6.07) is 5.52. The molecule has 0 bridgehead atoms. The van der Waals surface area contributed by atoms with Crippen LogP contribution in [0, 0.1) is 6.92 Å². The Balaban J connectivity index is 2.26. The second-order valence-electron chi connectivity index (χ2n) is 7.26. The summed E-state index contributed by atoms with van der Waals surface area (Å²) in [4.78, 5) is 33.2. The molecular weight excluding hydrogens is 374 g/mol. The molecule has 0 aliphatic rings. The number of unbranched alkanes of at least 4 members (excludes halogenated alkanes) is 6. The van der Waals surface area contributed by atoms with E-state index >= 15 is 0 Å². The Morgan fingerprint density at radius 1 is 0.828 bits per heavy atom. The summed E-state index contributed by atoms with van der Waals surface area (Å²) in [6.07, 6.45) is 7.72. The summed E-state index contributed by atoms with van der Waals surface area (Å²) >= 11 is 0. The number of rotatable bonds is 16. The van der Waals surface area contributed by atoms with Gasteiger partial charge in [-0.05, 0) is 43.9 Å². The van der Waals surface area contributed by atoms with Gasteiger partial charge in [0.15, 0.2) is 0 Å². The maximum atomic E-state index is 12.2. The van der Waals surface area contributed by atoms with Crippen LogP contribution in [0.5, 0.6) is 5.75 Å². The highest BCUT2D eigenvalue weighted by Gasteiger charge is 2.09. The number of carboxylic acid groups (broad SMARTS) is 2. The van der Waals surface area contributed by atoms with E-state index in [9.17, 15) is 14.4 Å². The molecule has 1 rings (SSSR count). The second kappa shape index (κ2) is 14.4. The van der Waals surface area contributed by atoms with E-state index in [2.05, 4.69) is 5.32 Å². The van der Waals surface area contributed by atoms with Gasteiger partial charge in [0.1, 0.15) is 5.75 Å². The van der Waals surface area contributed by atoms with Crippen LogP contribution in [0.4, 0.5) is 5.69 Å². The van der Waals surface area contributed by atoms with Crippen LogP contribution in [0.2, 0.25) is 0 Å². The first-order valence-electron chi connectivity index (χ1n) is 10.4. The maximum Gasteiger partial charge on any atom is 0.303 e. The van der Waals surface area contributed by atoms with Gasteiger partial charge in [-0.3, -0.25) is 14.4 Å². The molecule has 162 valence electrons. The van der Waals surface area contributed by atoms with Gasteiger partial charge < -0.3 is 20.3 Å². The van der Waals surface area contributed by atoms with Crippen LogP contribution in [0.3, 0.4) is 0 Å². The molecule has 0 atom stereocenters. The number of carbonyl (C=O) groups excluding carboxylic acids is 1. The van der Waals surface area contributed by atoms with Gasteiger partial charge in [0.2, 0.25) is 5.91 Å². The van der Waals surface area contributed by atoms with Crippen LogP contribution in [0.15, 0.2) is 18.2 Å². The van der Waals surface area contributed by atoms with Gasteiger partial charge in [-0.15, -0.1) is 0 Å². The highest BCUT2D eigenvalue weighted by molar-refractivity contribution is 5.92. The molecule has 1 amide bonds. The molecule has 0 spiro atoms. The van der Waals surface area contributed by atoms with Crippen molar-refractivity contribution < 1.29 is 29.3 Å². The Morgan fingerprint density at radius 2 is 1.38 bits per heavy atom. The minimum absolute atomic E-state index is 0.0487. The van der Waals surface area contributed by atoms with Crippen LogP contribution in [0.1, 0.15) is 76.2 Å². The van der Waals surface area contributed by atoms with Crippen molar-refractivity contribution >= 4 is 23.5 Å². The standard InChI is InChI=1S/C22H33NO6/c1-17-13-14-19(29-15-9-12-22(27)28)18(16-17)23-20(24)10-7-5-3-2-4-6-8-11-21(25)26/h13-14,16H,2-12,15H2,1H3,(H,23,24)(H,25,26)(H,27,28). The van der Waals surface area contributed by atoms with Crippen molar-refractivity contribution in [2.45, 2.75) is 77.6 Å². The fourth-order valence-corrected chi connectivity index (χ4v) is 2.93. The molecule has 0 aliphatic carbocycles. The molecule has 1 aromatic rings. The molecule has 3 N–H and O–H groups in total. The van der Waals surface area contributed by atoms with Gasteiger partial charge >= 0.3 is 11.9 Å². The monoisotopic (exact) mass is 407 g/mol. The third-order valence-corrected chi connectivity index (χ3v) is 4.50. The Morgan fingerprint density at radius 3 is 2.00 bits per heavy atom. The predicted molar refractivity (Wildman–Crippen MR) is 111 cm³/mol. The number of aliphatic carboxylic acids is 2. The zero-order valence-corrected chi connectivity index (χ0v) is 17.2. The Hall–Kier alpha value is -2.57. The molecule has 0 heterocycles. The number of carbonyl (C=O) groups is 3. The summed E-state index contributed by atoms with van der Waals surface area (Å²) in [5.41, 5.74) is 1.62. The van der Waals surface area contributed by atoms with Crippen molar-refractivity contribution in [1.29, 1.82) is 0 Å². The van der Waals surface area contributed by atoms with E-state index < -0.39 is 11.9 Å². The quantitative estimate of drug-likeness (QED) is 0.340. The van der Waals surface area contributed by atoms with E-state index in [0.29, 0.717) is 24.3 Å². The first-order chi connectivity index (χ1) is 13.9. The lowest BCUT2D eigenvalue weighted by molar-refractivity contribution is -0.138. The van der Waals surface area contributed by atoms with E-state index in [1.54, 1.807) is 6.07 Å². The van der Waals surface area contributed by atoms with E-state index in [-0.39, 0.29) is 25.4 Å². The summed E-state index contributed by atoms with van der Waals surface area (Å²) < 4.78 is 5.63. The molecule has 29 heavy (non-hydrogen) atoms. The zero-order chi connectivity index (χ0) is 21.5. The van der Waals surface area contributed by atoms with Gasteiger partial charge in [-0.1, -0.05) is 38.2 Å². The predicted octanol–water partition coefficient (Wildman–Crippen LogP) is 4.77. The number of aryl methyl sites for hydroxylation is 1. The SMILES string of the molecule is Cc1ccc(OCCCC(=O)O)c(NC(=O)CCCCCCCCCC(=O)O)c1. The molecule has 1 aromatic carbocycles. The van der Waals surface area contributed by atoms with Crippen LogP contribution in [0.25, 0.3) is 0 Å². The van der Waals surface area contributed by atoms with Gasteiger partial charge in [0, 0.05) is 19.3 Å². The Labute approximate surface area is 172 Å². The molecular formula is C22H33NO6. The second-order valence-corrected chi connectivity index (χ2v) is 7.26. The van der Waals surface area contributed by atoms with Crippen LogP contribution >= 0.6 is 0 Å². The summed E-state index contributed by atoms with van der Waals surface area (Å²) in [5, 5.41) is 20.2. The minimum atomic E-state index is -0.855. The largest absolute Gasteiger partial charge is 0.491 e. The lowest BCUT2D eigenvalue weighted by Crippen LogP contribution is -2.13. The van der Waals surface area contributed by atoms with Crippen molar-refractivity contribution in [3.8, 4) is 5.75 Å². The first kappa shape index (κ1) is 24.5. The average Bonchev–Trinajstić information content (AvgIpc) is 2.64. The zero-order valence-electron chi connectivity index (χ0n) is 17.2. The molecule has 0 aliphatic heterocycles. The lowest BCUT2D eigenvalue weighted by atomic mass is 10.1. The number of ether oxygens (including phenoxy) is 1. The van der Waals surface area contributed by atoms with Crippen molar-refractivity contribution in [1.82, 2.24) is 0 Å². The number of amides is 1.